The van der Waals surface area contributed by atoms with Gasteiger partial charge in [-0.05, 0) is 82.8 Å². The van der Waals surface area contributed by atoms with E-state index in [9.17, 15) is 14.7 Å². The van der Waals surface area contributed by atoms with Crippen molar-refractivity contribution in [2.75, 3.05) is 5.73 Å². The lowest BCUT2D eigenvalue weighted by Gasteiger charge is -2.07. The zero-order valence-corrected chi connectivity index (χ0v) is 22.1. The monoisotopic (exact) mass is 542 g/mol. The zero-order valence-electron chi connectivity index (χ0n) is 20.4. The molecular weight excluding hydrogens is 524 g/mol. The van der Waals surface area contributed by atoms with Gasteiger partial charge in [-0.2, -0.15) is 0 Å². The summed E-state index contributed by atoms with van der Waals surface area (Å²) in [7, 11) is 0. The van der Waals surface area contributed by atoms with Crippen molar-refractivity contribution in [3.63, 3.8) is 0 Å². The lowest BCUT2D eigenvalue weighted by atomic mass is 10.0. The predicted molar refractivity (Wildman–Crippen MR) is 157 cm³/mol. The van der Waals surface area contributed by atoms with E-state index in [0.29, 0.717) is 10.2 Å². The van der Waals surface area contributed by atoms with E-state index in [0.717, 1.165) is 33.0 Å². The van der Waals surface area contributed by atoms with Gasteiger partial charge < -0.3 is 10.8 Å². The number of nitrogens with two attached hydrogens (primary N) is 1. The number of nitrogens with zero attached hydrogens (tertiary/aromatic N) is 1. The Balaban J connectivity index is 0.000000296. The van der Waals surface area contributed by atoms with Crippen molar-refractivity contribution in [3.05, 3.63) is 136 Å². The smallest absolute Gasteiger partial charge is 0.348 e. The summed E-state index contributed by atoms with van der Waals surface area (Å²) in [6.07, 6.45) is 0. The van der Waals surface area contributed by atoms with Gasteiger partial charge in [0.15, 0.2) is 5.94 Å². The van der Waals surface area contributed by atoms with Crippen molar-refractivity contribution < 1.29 is 14.7 Å². The number of fused-ring (bicyclic) bond motifs is 1. The topological polar surface area (TPSA) is 93.3 Å². The fourth-order valence-corrected chi connectivity index (χ4v) is 4.57. The number of aromatic nitrogens is 1. The van der Waals surface area contributed by atoms with Crippen LogP contribution in [-0.4, -0.2) is 22.0 Å². The summed E-state index contributed by atoms with van der Waals surface area (Å²) in [5.41, 5.74) is 32.4. The van der Waals surface area contributed by atoms with E-state index in [1.807, 2.05) is 59.6 Å². The second kappa shape index (κ2) is 16.1. The average molecular weight is 543 g/mol. The molecule has 4 rings (SSSR count). The molecule has 1 aromatic carbocycles. The van der Waals surface area contributed by atoms with Gasteiger partial charge in [-0.25, -0.2) is 14.6 Å². The molecule has 7 heteroatoms. The zero-order chi connectivity index (χ0) is 28.5. The number of aromatic carboxylic acids is 1. The van der Waals surface area contributed by atoms with Crippen molar-refractivity contribution in [1.29, 1.82) is 0 Å². The molecule has 3 aromatic heterocycles. The van der Waals surface area contributed by atoms with Crippen molar-refractivity contribution in [2.45, 2.75) is 0 Å². The summed E-state index contributed by atoms with van der Waals surface area (Å²) in [5, 5.41) is 12.1. The highest BCUT2D eigenvalue weighted by Gasteiger charge is 2.21. The van der Waals surface area contributed by atoms with Crippen LogP contribution in [0.3, 0.4) is 0 Å². The number of anilines is 1. The van der Waals surface area contributed by atoms with E-state index in [2.05, 4.69) is 76.3 Å². The molecule has 0 unspecified atom stereocenters. The number of thiophene rings is 2. The highest BCUT2D eigenvalue weighted by molar-refractivity contribution is 7.21. The molecule has 0 fully saturated rings. The van der Waals surface area contributed by atoms with Gasteiger partial charge >= 0.3 is 5.97 Å². The molecule has 39 heavy (non-hydrogen) atoms. The first-order chi connectivity index (χ1) is 19.0. The van der Waals surface area contributed by atoms with Crippen molar-refractivity contribution in [1.82, 2.24) is 4.98 Å². The number of carbonyl (C=O) groups excluding carboxylic acids is 1. The van der Waals surface area contributed by atoms with Crippen LogP contribution in [-0.2, 0) is 4.79 Å². The largest absolute Gasteiger partial charge is 0.477 e. The van der Waals surface area contributed by atoms with Gasteiger partial charge in [0.05, 0.1) is 16.3 Å². The third-order valence-corrected chi connectivity index (χ3v) is 6.36. The molecule has 4 aromatic rings. The van der Waals surface area contributed by atoms with Crippen LogP contribution in [0.4, 0.5) is 5.69 Å². The van der Waals surface area contributed by atoms with Crippen molar-refractivity contribution in [2.24, 2.45) is 0 Å². The number of pyridine rings is 1. The van der Waals surface area contributed by atoms with Gasteiger partial charge in [0.25, 0.3) is 0 Å². The number of rotatable bonds is 3. The Morgan fingerprint density at radius 3 is 2.00 bits per heavy atom. The van der Waals surface area contributed by atoms with Crippen molar-refractivity contribution in [3.8, 4) is 21.7 Å². The second-order valence-electron chi connectivity index (χ2n) is 6.74. The Bertz CT molecular complexity index is 1850. The molecule has 0 radical (unpaired) electrons. The molecule has 0 spiro atoms. The van der Waals surface area contributed by atoms with E-state index in [-0.39, 0.29) is 10.6 Å². The average Bonchev–Trinajstić information content (AvgIpc) is 3.61. The molecule has 0 aliphatic rings. The quantitative estimate of drug-likeness (QED) is 0.209. The second-order valence-corrected chi connectivity index (χ2v) is 8.68. The Kier molecular flexibility index (Phi) is 12.2. The Labute approximate surface area is 232 Å². The summed E-state index contributed by atoms with van der Waals surface area (Å²) in [6, 6.07) is 15.8. The number of hydrogen-bond donors (Lipinski definition) is 2. The molecule has 186 valence electrons. The normalized spacial score (nSPS) is 8.10. The predicted octanol–water partition coefficient (Wildman–Crippen LogP) is 7.33. The van der Waals surface area contributed by atoms with Gasteiger partial charge in [-0.3, -0.25) is 0 Å². The fourth-order valence-electron chi connectivity index (χ4n) is 2.93. The molecule has 5 nitrogen and oxygen atoms in total. The van der Waals surface area contributed by atoms with Crippen molar-refractivity contribution >= 4 is 50.5 Å². The van der Waals surface area contributed by atoms with E-state index in [4.69, 9.17) is 5.73 Å². The van der Waals surface area contributed by atoms with Crippen LogP contribution < -0.4 is 5.73 Å². The number of carboxylic acids is 1. The summed E-state index contributed by atoms with van der Waals surface area (Å²) < 4.78 is 0. The molecule has 0 aliphatic heterocycles. The summed E-state index contributed by atoms with van der Waals surface area (Å²) >= 11 is 2.72. The summed E-state index contributed by atoms with van der Waals surface area (Å²) in [4.78, 5) is 27.1. The number of carbonyl (C=O) groups is 1. The first-order valence-electron chi connectivity index (χ1n) is 10.7. The maximum atomic E-state index is 11.5. The van der Waals surface area contributed by atoms with E-state index in [1.54, 1.807) is 11.3 Å². The highest BCUT2D eigenvalue weighted by Crippen LogP contribution is 2.41. The van der Waals surface area contributed by atoms with Crippen LogP contribution >= 0.6 is 22.7 Å². The first kappa shape index (κ1) is 29.5. The minimum Gasteiger partial charge on any atom is -0.477 e. The lowest BCUT2D eigenvalue weighted by Crippen LogP contribution is -1.97. The van der Waals surface area contributed by atoms with Crippen LogP contribution in [0.2, 0.25) is 0 Å². The molecule has 0 aliphatic carbocycles. The SMILES string of the molecule is C=C=C=C=C=C=C=C=C.C=C=C=C=C=O.Nc1c(C(=O)O)sc2nc(-c3cccs3)cc(-c3ccccc3)c12. The first-order valence-corrected chi connectivity index (χ1v) is 12.4. The van der Waals surface area contributed by atoms with Gasteiger partial charge in [-0.1, -0.05) is 53.6 Å². The molecule has 0 atom stereocenters. The van der Waals surface area contributed by atoms with Crippen LogP contribution in [0.5, 0.6) is 0 Å². The Morgan fingerprint density at radius 2 is 1.49 bits per heavy atom. The minimum absolute atomic E-state index is 0.137. The third kappa shape index (κ3) is 8.72. The fraction of sp³-hybridized carbons (Fsp3) is 0. The number of nitrogen functional groups attached to an aromatic ring is 1. The molecule has 0 saturated carbocycles. The lowest BCUT2D eigenvalue weighted by molar-refractivity contribution is 0.0703. The van der Waals surface area contributed by atoms with Crippen LogP contribution in [0.25, 0.3) is 31.9 Å². The van der Waals surface area contributed by atoms with Crippen LogP contribution in [0.15, 0.2) is 131 Å². The molecule has 3 heterocycles. The molecule has 3 N–H and O–H groups in total. The number of benzene rings is 1. The van der Waals surface area contributed by atoms with Crippen LogP contribution in [0.1, 0.15) is 9.67 Å². The maximum Gasteiger partial charge on any atom is 0.348 e. The number of hydrogen-bond acceptors (Lipinski definition) is 6. The van der Waals surface area contributed by atoms with E-state index >= 15 is 0 Å². The Hall–Kier alpha value is -5.71. The summed E-state index contributed by atoms with van der Waals surface area (Å²) in [6.45, 7) is 9.65. The van der Waals surface area contributed by atoms with Gasteiger partial charge in [0.1, 0.15) is 9.71 Å². The van der Waals surface area contributed by atoms with E-state index < -0.39 is 5.97 Å². The molecule has 0 amide bonds. The van der Waals surface area contributed by atoms with E-state index in [1.165, 1.54) is 5.94 Å². The molecular formula is C32H18N2O3S2. The number of carboxylic acid groups (broad SMARTS) is 1. The third-order valence-electron chi connectivity index (χ3n) is 4.38. The van der Waals surface area contributed by atoms with Gasteiger partial charge in [0, 0.05) is 11.1 Å². The molecule has 0 bridgehead atoms. The Morgan fingerprint density at radius 1 is 0.872 bits per heavy atom. The standard InChI is InChI=1S/C18H12N2O2S2.C9H4.C5H2O/c19-15-14-11(10-5-2-1-3-6-10)9-12(13-7-4-8-23-13)20-17(14)24-16(15)18(21)22;1-3-5-7-9-8-6-4-2;1-2-3-4-5-6/h1-9H,19H2,(H,21,22);1-2H2;1H2. The van der Waals surface area contributed by atoms with Crippen LogP contribution in [0, 0.1) is 0 Å². The minimum atomic E-state index is -1.02. The van der Waals surface area contributed by atoms with Gasteiger partial charge in [0.2, 0.25) is 0 Å². The highest BCUT2D eigenvalue weighted by atomic mass is 32.1. The molecule has 0 saturated heterocycles. The maximum absolute atomic E-state index is 11.5. The summed E-state index contributed by atoms with van der Waals surface area (Å²) in [5.74, 6) is 0.334. The van der Waals surface area contributed by atoms with Gasteiger partial charge in [-0.15, -0.1) is 22.7 Å².